The number of carbonyl (C=O) groups is 2. The Kier molecular flexibility index (Phi) is 4.92. The number of methoxy groups -OCH3 is 1. The van der Waals surface area contributed by atoms with Crippen LogP contribution in [0.2, 0.25) is 0 Å². The maximum Gasteiger partial charge on any atom is 0.416 e. The third kappa shape index (κ3) is 3.28. The van der Waals surface area contributed by atoms with Gasteiger partial charge in [-0.3, -0.25) is 9.59 Å². The molecule has 1 saturated heterocycles. The summed E-state index contributed by atoms with van der Waals surface area (Å²) in [5.41, 5.74) is -2.68. The highest BCUT2D eigenvalue weighted by atomic mass is 19.4. The zero-order valence-corrected chi connectivity index (χ0v) is 15.2. The van der Waals surface area contributed by atoms with Crippen LogP contribution in [-0.4, -0.2) is 43.0 Å². The minimum atomic E-state index is -4.75. The van der Waals surface area contributed by atoms with E-state index >= 15 is 0 Å². The van der Waals surface area contributed by atoms with Crippen LogP contribution in [0.25, 0.3) is 0 Å². The van der Waals surface area contributed by atoms with Crippen LogP contribution < -0.4 is 10.1 Å². The first-order valence-electron chi connectivity index (χ1n) is 8.72. The Labute approximate surface area is 155 Å². The van der Waals surface area contributed by atoms with Crippen molar-refractivity contribution >= 4 is 11.7 Å². The van der Waals surface area contributed by atoms with E-state index in [0.29, 0.717) is 18.8 Å². The van der Waals surface area contributed by atoms with Crippen LogP contribution >= 0.6 is 0 Å². The van der Waals surface area contributed by atoms with E-state index in [1.807, 2.05) is 0 Å². The van der Waals surface area contributed by atoms with Crippen LogP contribution in [0.4, 0.5) is 13.2 Å². The van der Waals surface area contributed by atoms with Crippen LogP contribution in [0.3, 0.4) is 0 Å². The molecule has 1 fully saturated rings. The molecule has 27 heavy (non-hydrogen) atoms. The van der Waals surface area contributed by atoms with Gasteiger partial charge in [0.25, 0.3) is 5.91 Å². The fraction of sp³-hybridized carbons (Fsp3) is 0.474. The summed E-state index contributed by atoms with van der Waals surface area (Å²) in [6, 6.07) is 5.45. The lowest BCUT2D eigenvalue weighted by Gasteiger charge is -2.43. The van der Waals surface area contributed by atoms with Crippen LogP contribution in [0, 0.1) is 0 Å². The number of Topliss-reactive ketones (excluding diaryl/α,β-unsaturated/α-hetero) is 1. The van der Waals surface area contributed by atoms with E-state index in [1.54, 1.807) is 4.90 Å². The molecule has 8 heteroatoms. The Hall–Kier alpha value is -2.51. The van der Waals surface area contributed by atoms with Crippen molar-refractivity contribution in [2.24, 2.45) is 0 Å². The number of hydrogen-bond acceptors (Lipinski definition) is 4. The molecular weight excluding hydrogens is 361 g/mol. The first-order chi connectivity index (χ1) is 12.7. The van der Waals surface area contributed by atoms with E-state index < -0.39 is 29.8 Å². The minimum absolute atomic E-state index is 0.0940. The van der Waals surface area contributed by atoms with Gasteiger partial charge < -0.3 is 15.0 Å². The van der Waals surface area contributed by atoms with E-state index in [4.69, 9.17) is 4.74 Å². The second-order valence-corrected chi connectivity index (χ2v) is 6.83. The molecule has 3 rings (SSSR count). The molecule has 5 nitrogen and oxygen atoms in total. The number of likely N-dealkylation sites (tertiary alicyclic amines) is 1. The van der Waals surface area contributed by atoms with Crippen molar-refractivity contribution in [3.05, 3.63) is 41.1 Å². The summed E-state index contributed by atoms with van der Waals surface area (Å²) in [6.45, 7) is 2.28. The number of alkyl halides is 3. The highest BCUT2D eigenvalue weighted by Crippen LogP contribution is 2.47. The van der Waals surface area contributed by atoms with Crippen LogP contribution in [0.15, 0.2) is 35.5 Å². The fourth-order valence-corrected chi connectivity index (χ4v) is 3.78. The summed E-state index contributed by atoms with van der Waals surface area (Å²) in [5.74, 6) is -1.10. The first kappa shape index (κ1) is 19.3. The zero-order chi connectivity index (χ0) is 19.8. The molecule has 2 heterocycles. The van der Waals surface area contributed by atoms with Gasteiger partial charge >= 0.3 is 6.18 Å². The molecule has 1 aromatic carbocycles. The summed E-state index contributed by atoms with van der Waals surface area (Å²) < 4.78 is 47.8. The molecule has 0 bridgehead atoms. The third-order valence-corrected chi connectivity index (χ3v) is 5.18. The molecular formula is C19H21F3N2O3. The van der Waals surface area contributed by atoms with Gasteiger partial charge in [0.15, 0.2) is 11.3 Å². The number of ether oxygens (including phenoxy) is 1. The van der Waals surface area contributed by atoms with E-state index in [0.717, 1.165) is 12.8 Å². The fourth-order valence-electron chi connectivity index (χ4n) is 3.78. The van der Waals surface area contributed by atoms with Crippen LogP contribution in [-0.2, 0) is 15.1 Å². The third-order valence-electron chi connectivity index (χ3n) is 5.18. The highest BCUT2D eigenvalue weighted by molar-refractivity contribution is 6.19. The van der Waals surface area contributed by atoms with Gasteiger partial charge in [0.2, 0.25) is 0 Å². The smallest absolute Gasteiger partial charge is 0.416 e. The summed E-state index contributed by atoms with van der Waals surface area (Å²) in [6.07, 6.45) is -3.62. The molecule has 1 atom stereocenters. The summed E-state index contributed by atoms with van der Waals surface area (Å²) in [4.78, 5) is 26.4. The number of nitrogens with zero attached hydrogens (tertiary/aromatic N) is 1. The molecule has 0 saturated carbocycles. The maximum absolute atomic E-state index is 14.3. The van der Waals surface area contributed by atoms with Gasteiger partial charge in [0, 0.05) is 25.2 Å². The van der Waals surface area contributed by atoms with Gasteiger partial charge in [-0.25, -0.2) is 0 Å². The van der Waals surface area contributed by atoms with Crippen molar-refractivity contribution in [1.29, 1.82) is 0 Å². The number of carbonyl (C=O) groups excluding carboxylic acids is 2. The monoisotopic (exact) mass is 382 g/mol. The van der Waals surface area contributed by atoms with Gasteiger partial charge in [-0.15, -0.1) is 0 Å². The SMILES string of the molecule is COc1ccc(C2(C(F)(F)F)CC(N3CCCC3)=C(C(C)=O)C(=O)N2)cc1. The Bertz CT molecular complexity index is 780. The van der Waals surface area contributed by atoms with Gasteiger partial charge in [0.05, 0.1) is 7.11 Å². The van der Waals surface area contributed by atoms with Crippen molar-refractivity contribution in [2.75, 3.05) is 20.2 Å². The average molecular weight is 382 g/mol. The van der Waals surface area contributed by atoms with E-state index in [-0.39, 0.29) is 16.8 Å². The molecule has 2 aliphatic rings. The quantitative estimate of drug-likeness (QED) is 0.814. The normalized spacial score (nSPS) is 23.4. The summed E-state index contributed by atoms with van der Waals surface area (Å²) in [5, 5.41) is 2.10. The van der Waals surface area contributed by atoms with Crippen molar-refractivity contribution in [3.63, 3.8) is 0 Å². The molecule has 146 valence electrons. The molecule has 0 aromatic heterocycles. The van der Waals surface area contributed by atoms with E-state index in [2.05, 4.69) is 5.32 Å². The number of halogens is 3. The highest BCUT2D eigenvalue weighted by Gasteiger charge is 2.60. The lowest BCUT2D eigenvalue weighted by atomic mass is 9.79. The second-order valence-electron chi connectivity index (χ2n) is 6.83. The number of ketones is 1. The van der Waals surface area contributed by atoms with Crippen molar-refractivity contribution in [2.45, 2.75) is 37.9 Å². The van der Waals surface area contributed by atoms with Crippen molar-refractivity contribution in [3.8, 4) is 5.75 Å². The molecule has 1 amide bonds. The van der Waals surface area contributed by atoms with Gasteiger partial charge in [0.1, 0.15) is 11.3 Å². The van der Waals surface area contributed by atoms with E-state index in [1.165, 1.54) is 38.3 Å². The number of hydrogen-bond donors (Lipinski definition) is 1. The largest absolute Gasteiger partial charge is 0.497 e. The number of nitrogens with one attached hydrogen (secondary N) is 1. The molecule has 0 aliphatic carbocycles. The molecule has 0 radical (unpaired) electrons. The standard InChI is InChI=1S/C19H21F3N2O3/c1-12(25)16-15(24-9-3-4-10-24)11-18(19(20,21)22,23-17(16)26)13-5-7-14(27-2)8-6-13/h5-8H,3-4,9-11H2,1-2H3,(H,23,26). The predicted octanol–water partition coefficient (Wildman–Crippen LogP) is 2.91. The van der Waals surface area contributed by atoms with Crippen molar-refractivity contribution in [1.82, 2.24) is 10.2 Å². The van der Waals surface area contributed by atoms with Gasteiger partial charge in [-0.1, -0.05) is 12.1 Å². The Morgan fingerprint density at radius 3 is 2.26 bits per heavy atom. The van der Waals surface area contributed by atoms with Crippen LogP contribution in [0.1, 0.15) is 31.7 Å². The first-order valence-corrected chi connectivity index (χ1v) is 8.72. The lowest BCUT2D eigenvalue weighted by Crippen LogP contribution is -2.60. The van der Waals surface area contributed by atoms with Crippen molar-refractivity contribution < 1.29 is 27.5 Å². The maximum atomic E-state index is 14.3. The summed E-state index contributed by atoms with van der Waals surface area (Å²) >= 11 is 0. The number of amides is 1. The average Bonchev–Trinajstić information content (AvgIpc) is 3.14. The molecule has 1 aromatic rings. The Balaban J connectivity index is 2.15. The second kappa shape index (κ2) is 6.90. The summed E-state index contributed by atoms with van der Waals surface area (Å²) in [7, 11) is 1.42. The molecule has 2 aliphatic heterocycles. The van der Waals surface area contributed by atoms with Gasteiger partial charge in [-0.05, 0) is 37.5 Å². The predicted molar refractivity (Wildman–Crippen MR) is 92.0 cm³/mol. The molecule has 0 spiro atoms. The minimum Gasteiger partial charge on any atom is -0.497 e. The van der Waals surface area contributed by atoms with Gasteiger partial charge in [-0.2, -0.15) is 13.2 Å². The number of rotatable bonds is 4. The Morgan fingerprint density at radius 1 is 1.19 bits per heavy atom. The van der Waals surface area contributed by atoms with Crippen LogP contribution in [0.5, 0.6) is 5.75 Å². The zero-order valence-electron chi connectivity index (χ0n) is 15.2. The number of benzene rings is 1. The topological polar surface area (TPSA) is 58.6 Å². The molecule has 1 unspecified atom stereocenters. The lowest BCUT2D eigenvalue weighted by molar-refractivity contribution is -0.204. The van der Waals surface area contributed by atoms with E-state index in [9.17, 15) is 22.8 Å². The molecule has 1 N–H and O–H groups in total. The Morgan fingerprint density at radius 2 is 1.78 bits per heavy atom.